The molecule has 0 amide bonds. The van der Waals surface area contributed by atoms with Crippen LogP contribution in [0.2, 0.25) is 0 Å². The Balaban J connectivity index is 1.80. The Labute approximate surface area is 121 Å². The summed E-state index contributed by atoms with van der Waals surface area (Å²) in [5.74, 6) is 2.02. The fourth-order valence-corrected chi connectivity index (χ4v) is 3.21. The Morgan fingerprint density at radius 1 is 1.45 bits per heavy atom. The third-order valence-electron chi connectivity index (χ3n) is 4.38. The second kappa shape index (κ2) is 5.62. The Hall–Kier alpha value is -1.26. The van der Waals surface area contributed by atoms with E-state index in [1.165, 1.54) is 17.5 Å². The number of hydrogen-bond acceptors (Lipinski definition) is 4. The average molecular weight is 276 g/mol. The number of ether oxygens (including phenoxy) is 2. The SMILES string of the molecule is COc1cc2c(cc1CN(C)C1CCNC1)OC(C)C2. The highest BCUT2D eigenvalue weighted by atomic mass is 16.5. The van der Waals surface area contributed by atoms with Crippen LogP contribution < -0.4 is 14.8 Å². The standard InChI is InChI=1S/C16H24N2O2/c1-11-6-12-7-15(19-3)13(8-16(12)20-11)10-18(2)14-4-5-17-9-14/h7-8,11,14,17H,4-6,9-10H2,1-3H3. The predicted octanol–water partition coefficient (Wildman–Crippen LogP) is 1.81. The predicted molar refractivity (Wildman–Crippen MR) is 79.5 cm³/mol. The molecule has 0 bridgehead atoms. The Kier molecular flexibility index (Phi) is 3.85. The van der Waals surface area contributed by atoms with Crippen LogP contribution in [0.5, 0.6) is 11.5 Å². The molecule has 1 N–H and O–H groups in total. The largest absolute Gasteiger partial charge is 0.496 e. The number of benzene rings is 1. The van der Waals surface area contributed by atoms with Crippen molar-refractivity contribution in [3.8, 4) is 11.5 Å². The van der Waals surface area contributed by atoms with Crippen LogP contribution in [0.15, 0.2) is 12.1 Å². The lowest BCUT2D eigenvalue weighted by Gasteiger charge is -2.24. The first kappa shape index (κ1) is 13.7. The summed E-state index contributed by atoms with van der Waals surface area (Å²) in [6.07, 6.45) is 2.48. The molecule has 2 atom stereocenters. The minimum Gasteiger partial charge on any atom is -0.496 e. The summed E-state index contributed by atoms with van der Waals surface area (Å²) < 4.78 is 11.4. The van der Waals surface area contributed by atoms with Crippen LogP contribution in [0.4, 0.5) is 0 Å². The van der Waals surface area contributed by atoms with Crippen LogP contribution in [0, 0.1) is 0 Å². The van der Waals surface area contributed by atoms with E-state index < -0.39 is 0 Å². The lowest BCUT2D eigenvalue weighted by molar-refractivity contribution is 0.242. The van der Waals surface area contributed by atoms with Crippen molar-refractivity contribution < 1.29 is 9.47 Å². The second-order valence-electron chi connectivity index (χ2n) is 5.97. The van der Waals surface area contributed by atoms with Crippen molar-refractivity contribution in [2.75, 3.05) is 27.2 Å². The van der Waals surface area contributed by atoms with Crippen molar-refractivity contribution in [3.63, 3.8) is 0 Å². The topological polar surface area (TPSA) is 33.7 Å². The summed E-state index contributed by atoms with van der Waals surface area (Å²) in [6, 6.07) is 4.93. The maximum atomic E-state index is 5.87. The van der Waals surface area contributed by atoms with Gasteiger partial charge in [-0.1, -0.05) is 0 Å². The van der Waals surface area contributed by atoms with Crippen molar-refractivity contribution >= 4 is 0 Å². The zero-order valence-electron chi connectivity index (χ0n) is 12.6. The minimum atomic E-state index is 0.279. The molecule has 4 nitrogen and oxygen atoms in total. The van der Waals surface area contributed by atoms with Gasteiger partial charge in [0.25, 0.3) is 0 Å². The van der Waals surface area contributed by atoms with Crippen LogP contribution in [0.1, 0.15) is 24.5 Å². The van der Waals surface area contributed by atoms with Crippen molar-refractivity contribution in [1.82, 2.24) is 10.2 Å². The lowest BCUT2D eigenvalue weighted by atomic mass is 10.1. The molecule has 1 saturated heterocycles. The van der Waals surface area contributed by atoms with E-state index in [0.717, 1.165) is 37.6 Å². The molecule has 0 spiro atoms. The highest BCUT2D eigenvalue weighted by molar-refractivity contribution is 5.48. The van der Waals surface area contributed by atoms with Crippen molar-refractivity contribution in [1.29, 1.82) is 0 Å². The summed E-state index contributed by atoms with van der Waals surface area (Å²) in [6.45, 7) is 5.22. The molecule has 1 fully saturated rings. The maximum absolute atomic E-state index is 5.87. The number of rotatable bonds is 4. The molecule has 0 aromatic heterocycles. The molecule has 3 rings (SSSR count). The number of nitrogens with zero attached hydrogens (tertiary/aromatic N) is 1. The van der Waals surface area contributed by atoms with Crippen LogP contribution in [0.25, 0.3) is 0 Å². The molecule has 4 heteroatoms. The average Bonchev–Trinajstić information content (AvgIpc) is 3.05. The molecular weight excluding hydrogens is 252 g/mol. The number of methoxy groups -OCH3 is 1. The number of nitrogens with one attached hydrogen (secondary N) is 1. The molecule has 0 aliphatic carbocycles. The Bertz CT molecular complexity index is 484. The summed E-state index contributed by atoms with van der Waals surface area (Å²) in [4.78, 5) is 2.41. The second-order valence-corrected chi connectivity index (χ2v) is 5.97. The molecule has 1 aromatic carbocycles. The van der Waals surface area contributed by atoms with Crippen molar-refractivity contribution in [3.05, 3.63) is 23.3 Å². The van der Waals surface area contributed by atoms with E-state index in [2.05, 4.69) is 36.3 Å². The molecule has 2 aliphatic rings. The van der Waals surface area contributed by atoms with Crippen LogP contribution in [0.3, 0.4) is 0 Å². The highest BCUT2D eigenvalue weighted by Gasteiger charge is 2.24. The van der Waals surface area contributed by atoms with Crippen LogP contribution in [-0.2, 0) is 13.0 Å². The van der Waals surface area contributed by atoms with Crippen molar-refractivity contribution in [2.24, 2.45) is 0 Å². The zero-order valence-corrected chi connectivity index (χ0v) is 12.6. The highest BCUT2D eigenvalue weighted by Crippen LogP contribution is 2.35. The van der Waals surface area contributed by atoms with Gasteiger partial charge >= 0.3 is 0 Å². The monoisotopic (exact) mass is 276 g/mol. The third-order valence-corrected chi connectivity index (χ3v) is 4.38. The van der Waals surface area contributed by atoms with Gasteiger partial charge in [-0.15, -0.1) is 0 Å². The van der Waals surface area contributed by atoms with E-state index in [9.17, 15) is 0 Å². The van der Waals surface area contributed by atoms with Crippen LogP contribution >= 0.6 is 0 Å². The van der Waals surface area contributed by atoms with Gasteiger partial charge in [-0.2, -0.15) is 0 Å². The number of likely N-dealkylation sites (N-methyl/N-ethyl adjacent to an activating group) is 1. The summed E-state index contributed by atoms with van der Waals surface area (Å²) in [5.41, 5.74) is 2.48. The van der Waals surface area contributed by atoms with E-state index in [0.29, 0.717) is 6.04 Å². The number of hydrogen-bond donors (Lipinski definition) is 1. The molecule has 0 saturated carbocycles. The Morgan fingerprint density at radius 3 is 3.00 bits per heavy atom. The number of fused-ring (bicyclic) bond motifs is 1. The van der Waals surface area contributed by atoms with Gasteiger partial charge in [0.2, 0.25) is 0 Å². The molecule has 1 aromatic rings. The van der Waals surface area contributed by atoms with Gasteiger partial charge < -0.3 is 14.8 Å². The fraction of sp³-hybridized carbons (Fsp3) is 0.625. The molecule has 2 heterocycles. The van der Waals surface area contributed by atoms with Gasteiger partial charge in [0, 0.05) is 36.7 Å². The molecular formula is C16H24N2O2. The van der Waals surface area contributed by atoms with Gasteiger partial charge in [-0.25, -0.2) is 0 Å². The normalized spacial score (nSPS) is 24.8. The van der Waals surface area contributed by atoms with Crippen LogP contribution in [-0.4, -0.2) is 44.3 Å². The maximum Gasteiger partial charge on any atom is 0.123 e. The van der Waals surface area contributed by atoms with E-state index in [1.54, 1.807) is 7.11 Å². The summed E-state index contributed by atoms with van der Waals surface area (Å²) in [7, 11) is 3.94. The zero-order chi connectivity index (χ0) is 14.1. The third kappa shape index (κ3) is 2.63. The molecule has 110 valence electrons. The first-order chi connectivity index (χ1) is 9.67. The fourth-order valence-electron chi connectivity index (χ4n) is 3.21. The van der Waals surface area contributed by atoms with Crippen molar-refractivity contribution in [2.45, 2.75) is 38.5 Å². The first-order valence-corrected chi connectivity index (χ1v) is 7.44. The van der Waals surface area contributed by atoms with E-state index in [1.807, 2.05) is 0 Å². The quantitative estimate of drug-likeness (QED) is 0.909. The summed E-state index contributed by atoms with van der Waals surface area (Å²) >= 11 is 0. The van der Waals surface area contributed by atoms with Gasteiger partial charge in [-0.3, -0.25) is 4.90 Å². The van der Waals surface area contributed by atoms with E-state index >= 15 is 0 Å². The van der Waals surface area contributed by atoms with Gasteiger partial charge in [0.1, 0.15) is 17.6 Å². The van der Waals surface area contributed by atoms with E-state index in [-0.39, 0.29) is 6.10 Å². The molecule has 0 radical (unpaired) electrons. The van der Waals surface area contributed by atoms with Gasteiger partial charge in [-0.05, 0) is 39.1 Å². The molecule has 20 heavy (non-hydrogen) atoms. The smallest absolute Gasteiger partial charge is 0.123 e. The minimum absolute atomic E-state index is 0.279. The van der Waals surface area contributed by atoms with E-state index in [4.69, 9.17) is 9.47 Å². The Morgan fingerprint density at radius 2 is 2.30 bits per heavy atom. The summed E-state index contributed by atoms with van der Waals surface area (Å²) in [5, 5.41) is 3.42. The van der Waals surface area contributed by atoms with Gasteiger partial charge in [0.05, 0.1) is 7.11 Å². The molecule has 2 aliphatic heterocycles. The first-order valence-electron chi connectivity index (χ1n) is 7.44. The lowest BCUT2D eigenvalue weighted by Crippen LogP contribution is -2.32. The molecule has 2 unspecified atom stereocenters. The van der Waals surface area contributed by atoms with Gasteiger partial charge in [0.15, 0.2) is 0 Å².